The second-order valence-corrected chi connectivity index (χ2v) is 10.8. The molecule has 1 aromatic carbocycles. The van der Waals surface area contributed by atoms with Gasteiger partial charge in [0.2, 0.25) is 17.8 Å². The van der Waals surface area contributed by atoms with Gasteiger partial charge in [0.1, 0.15) is 0 Å². The molecule has 0 saturated carbocycles. The highest BCUT2D eigenvalue weighted by atomic mass is 32.2. The second-order valence-electron chi connectivity index (χ2n) is 8.67. The number of carbonyl (C=O) groups excluding carboxylic acids is 1. The summed E-state index contributed by atoms with van der Waals surface area (Å²) in [5, 5.41) is 16.7. The molecule has 0 atom stereocenters. The Balaban J connectivity index is 1.53. The molecule has 10 nitrogen and oxygen atoms in total. The number of nitrogens with zero attached hydrogens (tertiary/aromatic N) is 6. The van der Waals surface area contributed by atoms with Gasteiger partial charge in [-0.1, -0.05) is 20.8 Å². The van der Waals surface area contributed by atoms with Crippen LogP contribution in [0.4, 0.5) is 22.7 Å². The molecule has 3 N–H and O–H groups in total. The van der Waals surface area contributed by atoms with Gasteiger partial charge in [-0.3, -0.25) is 15.0 Å². The van der Waals surface area contributed by atoms with Crippen molar-refractivity contribution in [1.29, 1.82) is 0 Å². The zero-order valence-electron chi connectivity index (χ0n) is 20.8. The normalized spacial score (nSPS) is 14.3. The predicted molar refractivity (Wildman–Crippen MR) is 144 cm³/mol. The zero-order valence-corrected chi connectivity index (χ0v) is 22.4. The third kappa shape index (κ3) is 7.12. The van der Waals surface area contributed by atoms with Crippen LogP contribution in [0.5, 0.6) is 0 Å². The van der Waals surface area contributed by atoms with Crippen molar-refractivity contribution in [3.05, 3.63) is 35.3 Å². The molecule has 1 saturated heterocycles. The van der Waals surface area contributed by atoms with Crippen molar-refractivity contribution in [3.63, 3.8) is 0 Å². The molecule has 0 radical (unpaired) electrons. The monoisotopic (exact) mass is 528 g/mol. The first-order valence-corrected chi connectivity index (χ1v) is 13.7. The summed E-state index contributed by atoms with van der Waals surface area (Å²) in [6.45, 7) is 9.90. The number of amides is 1. The summed E-state index contributed by atoms with van der Waals surface area (Å²) in [7, 11) is 0. The van der Waals surface area contributed by atoms with Crippen LogP contribution in [0, 0.1) is 5.92 Å². The van der Waals surface area contributed by atoms with Crippen LogP contribution < -0.4 is 15.5 Å². The maximum atomic E-state index is 12.0. The van der Waals surface area contributed by atoms with E-state index in [0.717, 1.165) is 48.3 Å². The van der Waals surface area contributed by atoms with Crippen molar-refractivity contribution in [3.8, 4) is 0 Å². The first-order valence-electron chi connectivity index (χ1n) is 12.1. The van der Waals surface area contributed by atoms with Gasteiger partial charge in [-0.25, -0.2) is 4.98 Å². The molecule has 3 aromatic rings. The summed E-state index contributed by atoms with van der Waals surface area (Å²) in [6.07, 6.45) is 2.79. The highest BCUT2D eigenvalue weighted by molar-refractivity contribution is 7.99. The molecule has 1 amide bonds. The van der Waals surface area contributed by atoms with Gasteiger partial charge in [0, 0.05) is 60.3 Å². The van der Waals surface area contributed by atoms with Crippen molar-refractivity contribution < 1.29 is 9.90 Å². The molecule has 192 valence electrons. The maximum Gasteiger partial charge on any atom is 0.234 e. The van der Waals surface area contributed by atoms with Gasteiger partial charge in [0.15, 0.2) is 10.3 Å². The lowest BCUT2D eigenvalue weighted by Crippen LogP contribution is -2.47. The highest BCUT2D eigenvalue weighted by Gasteiger charge is 2.21. The van der Waals surface area contributed by atoms with Crippen molar-refractivity contribution in [2.24, 2.45) is 5.92 Å². The Hall–Kier alpha value is -2.80. The second kappa shape index (κ2) is 12.4. The van der Waals surface area contributed by atoms with Crippen LogP contribution in [0.3, 0.4) is 0 Å². The molecule has 1 fully saturated rings. The van der Waals surface area contributed by atoms with Crippen LogP contribution in [0.1, 0.15) is 25.6 Å². The number of anilines is 4. The smallest absolute Gasteiger partial charge is 0.234 e. The fraction of sp³-hybridized carbons (Fsp3) is 0.458. The minimum absolute atomic E-state index is 0.0132. The van der Waals surface area contributed by atoms with E-state index in [1.807, 2.05) is 44.3 Å². The van der Waals surface area contributed by atoms with Crippen LogP contribution in [0.15, 0.2) is 40.5 Å². The van der Waals surface area contributed by atoms with Gasteiger partial charge in [-0.15, -0.1) is 11.3 Å². The van der Waals surface area contributed by atoms with E-state index < -0.39 is 0 Å². The van der Waals surface area contributed by atoms with E-state index in [1.165, 1.54) is 16.6 Å². The van der Waals surface area contributed by atoms with E-state index in [9.17, 15) is 9.90 Å². The Morgan fingerprint density at radius 2 is 1.89 bits per heavy atom. The van der Waals surface area contributed by atoms with Crippen molar-refractivity contribution in [2.45, 2.75) is 37.2 Å². The van der Waals surface area contributed by atoms with Crippen molar-refractivity contribution in [1.82, 2.24) is 24.8 Å². The molecule has 1 aliphatic rings. The lowest BCUT2D eigenvalue weighted by molar-refractivity contribution is -0.118. The van der Waals surface area contributed by atoms with Gasteiger partial charge in [0.25, 0.3) is 0 Å². The maximum absolute atomic E-state index is 12.0. The average Bonchev–Trinajstić information content (AvgIpc) is 3.33. The van der Waals surface area contributed by atoms with Gasteiger partial charge in [-0.05, 0) is 42.4 Å². The third-order valence-corrected chi connectivity index (χ3v) is 7.58. The van der Waals surface area contributed by atoms with Crippen LogP contribution in [-0.4, -0.2) is 75.2 Å². The molecule has 3 heterocycles. The average molecular weight is 529 g/mol. The van der Waals surface area contributed by atoms with Gasteiger partial charge in [0.05, 0.1) is 6.61 Å². The molecule has 4 rings (SSSR count). The molecular weight excluding hydrogens is 496 g/mol. The summed E-state index contributed by atoms with van der Waals surface area (Å²) in [6, 6.07) is 7.65. The highest BCUT2D eigenvalue weighted by Crippen LogP contribution is 2.29. The fourth-order valence-corrected chi connectivity index (χ4v) is 5.01. The van der Waals surface area contributed by atoms with E-state index >= 15 is 0 Å². The molecular formula is C24H32N8O2S2. The standard InChI is InChI=1S/C24H32N8O2S2/c1-4-18-15-25-23(35-18)28-21-27-22(32-11-9-31(10-12-32)13-14-33)30-24(29-21)36-19-7-5-17(6-8-19)26-20(34)16(2)3/h5-8,15-16,33H,4,9-14H2,1-3H3,(H,26,34)(H,25,27,28,29,30). The zero-order chi connectivity index (χ0) is 25.5. The van der Waals surface area contributed by atoms with E-state index in [0.29, 0.717) is 23.6 Å². The summed E-state index contributed by atoms with van der Waals surface area (Å²) >= 11 is 3.03. The van der Waals surface area contributed by atoms with Crippen molar-refractivity contribution >= 4 is 51.7 Å². The first kappa shape index (κ1) is 26.3. The number of thiazole rings is 1. The van der Waals surface area contributed by atoms with E-state index in [4.69, 9.17) is 9.97 Å². The van der Waals surface area contributed by atoms with Gasteiger partial charge >= 0.3 is 0 Å². The Morgan fingerprint density at radius 1 is 1.14 bits per heavy atom. The molecule has 1 aliphatic heterocycles. The number of hydrogen-bond acceptors (Lipinski definition) is 11. The minimum atomic E-state index is -0.0784. The Bertz CT molecular complexity index is 1150. The lowest BCUT2D eigenvalue weighted by atomic mass is 10.2. The number of aromatic nitrogens is 4. The van der Waals surface area contributed by atoms with E-state index in [2.05, 4.69) is 37.3 Å². The topological polar surface area (TPSA) is 119 Å². The summed E-state index contributed by atoms with van der Waals surface area (Å²) < 4.78 is 0. The number of piperazine rings is 1. The SMILES string of the molecule is CCc1cnc(Nc2nc(Sc3ccc(NC(=O)C(C)C)cc3)nc(N3CCN(CCO)CC3)n2)s1. The van der Waals surface area contributed by atoms with Crippen molar-refractivity contribution in [2.75, 3.05) is 54.9 Å². The number of nitrogens with one attached hydrogen (secondary N) is 2. The number of hydrogen-bond donors (Lipinski definition) is 3. The van der Waals surface area contributed by atoms with Gasteiger partial charge in [-0.2, -0.15) is 15.0 Å². The molecule has 2 aromatic heterocycles. The quantitative estimate of drug-likeness (QED) is 0.361. The van der Waals surface area contributed by atoms with Crippen LogP contribution in [0.25, 0.3) is 0 Å². The van der Waals surface area contributed by atoms with Crippen LogP contribution >= 0.6 is 23.1 Å². The summed E-state index contributed by atoms with van der Waals surface area (Å²) in [5.74, 6) is 0.982. The fourth-order valence-electron chi connectivity index (χ4n) is 3.52. The Kier molecular flexibility index (Phi) is 9.08. The summed E-state index contributed by atoms with van der Waals surface area (Å²) in [4.78, 5) is 37.0. The molecule has 0 bridgehead atoms. The number of carbonyl (C=O) groups is 1. The summed E-state index contributed by atoms with van der Waals surface area (Å²) in [5.41, 5.74) is 0.757. The number of benzene rings is 1. The molecule has 0 unspecified atom stereocenters. The van der Waals surface area contributed by atoms with E-state index in [-0.39, 0.29) is 18.4 Å². The molecule has 36 heavy (non-hydrogen) atoms. The molecule has 12 heteroatoms. The largest absolute Gasteiger partial charge is 0.395 e. The predicted octanol–water partition coefficient (Wildman–Crippen LogP) is 3.49. The third-order valence-electron chi connectivity index (χ3n) is 5.65. The molecule has 0 spiro atoms. The molecule has 0 aliphatic carbocycles. The number of β-amino-alcohol motifs (C(OH)–C–C–N with tert-alkyl or cyclic N) is 1. The Labute approximate surface area is 219 Å². The Morgan fingerprint density at radius 3 is 2.53 bits per heavy atom. The van der Waals surface area contributed by atoms with Gasteiger partial charge < -0.3 is 15.3 Å². The number of aryl methyl sites for hydroxylation is 1. The van der Waals surface area contributed by atoms with Crippen LogP contribution in [-0.2, 0) is 11.2 Å². The number of aliphatic hydroxyl groups is 1. The number of aliphatic hydroxyl groups excluding tert-OH is 1. The number of rotatable bonds is 10. The lowest BCUT2D eigenvalue weighted by Gasteiger charge is -2.34. The minimum Gasteiger partial charge on any atom is -0.395 e. The first-order chi connectivity index (χ1) is 17.4. The van der Waals surface area contributed by atoms with Crippen LogP contribution in [0.2, 0.25) is 0 Å². The van der Waals surface area contributed by atoms with E-state index in [1.54, 1.807) is 11.3 Å².